The Bertz CT molecular complexity index is 165. The van der Waals surface area contributed by atoms with Crippen molar-refractivity contribution in [1.29, 1.82) is 0 Å². The summed E-state index contributed by atoms with van der Waals surface area (Å²) in [4.78, 5) is 10.3. The molecule has 0 fully saturated rings. The van der Waals surface area contributed by atoms with Crippen molar-refractivity contribution in [3.63, 3.8) is 0 Å². The van der Waals surface area contributed by atoms with Crippen molar-refractivity contribution in [2.45, 2.75) is 12.8 Å². The van der Waals surface area contributed by atoms with Crippen LogP contribution in [0.3, 0.4) is 0 Å². The van der Waals surface area contributed by atoms with E-state index in [9.17, 15) is 4.79 Å². The first kappa shape index (κ1) is 12.1. The van der Waals surface area contributed by atoms with Crippen molar-refractivity contribution in [1.82, 2.24) is 0 Å². The van der Waals surface area contributed by atoms with E-state index in [1.165, 1.54) is 0 Å². The van der Waals surface area contributed by atoms with E-state index in [1.54, 1.807) is 7.11 Å². The Morgan fingerprint density at radius 1 is 1.38 bits per heavy atom. The molecule has 0 saturated carbocycles. The van der Waals surface area contributed by atoms with E-state index in [0.29, 0.717) is 32.7 Å². The highest BCUT2D eigenvalue weighted by molar-refractivity contribution is 5.85. The van der Waals surface area contributed by atoms with E-state index < -0.39 is 5.97 Å². The first-order chi connectivity index (χ1) is 6.18. The Balaban J connectivity index is 3.16. The zero-order valence-corrected chi connectivity index (χ0v) is 7.91. The maximum absolute atomic E-state index is 10.3. The first-order valence-corrected chi connectivity index (χ1v) is 4.16. The van der Waals surface area contributed by atoms with Crippen LogP contribution in [0.4, 0.5) is 0 Å². The van der Waals surface area contributed by atoms with Gasteiger partial charge in [-0.05, 0) is 12.8 Å². The molecule has 0 atom stereocenters. The molecule has 13 heavy (non-hydrogen) atoms. The molecular formula is C9H16O4. The van der Waals surface area contributed by atoms with Gasteiger partial charge in [0.25, 0.3) is 0 Å². The van der Waals surface area contributed by atoms with E-state index in [1.807, 2.05) is 0 Å². The lowest BCUT2D eigenvalue weighted by Crippen LogP contribution is -2.05. The largest absolute Gasteiger partial charge is 0.478 e. The second-order valence-corrected chi connectivity index (χ2v) is 2.62. The van der Waals surface area contributed by atoms with Crippen LogP contribution < -0.4 is 0 Å². The number of carboxylic acid groups (broad SMARTS) is 1. The van der Waals surface area contributed by atoms with Crippen molar-refractivity contribution in [3.8, 4) is 0 Å². The fraction of sp³-hybridized carbons (Fsp3) is 0.667. The third kappa shape index (κ3) is 7.49. The molecule has 0 spiro atoms. The highest BCUT2D eigenvalue weighted by Crippen LogP contribution is 2.01. The lowest BCUT2D eigenvalue weighted by molar-refractivity contribution is -0.132. The minimum atomic E-state index is -0.933. The summed E-state index contributed by atoms with van der Waals surface area (Å²) in [6.45, 7) is 5.08. The number of hydrogen-bond acceptors (Lipinski definition) is 3. The fourth-order valence-electron chi connectivity index (χ4n) is 0.739. The van der Waals surface area contributed by atoms with E-state index in [2.05, 4.69) is 6.58 Å². The van der Waals surface area contributed by atoms with Gasteiger partial charge in [-0.2, -0.15) is 0 Å². The molecule has 0 radical (unpaired) electrons. The van der Waals surface area contributed by atoms with Gasteiger partial charge >= 0.3 is 5.97 Å². The van der Waals surface area contributed by atoms with Crippen LogP contribution in [0, 0.1) is 0 Å². The van der Waals surface area contributed by atoms with Gasteiger partial charge in [0, 0.05) is 19.3 Å². The Labute approximate surface area is 78.2 Å². The number of carboxylic acids is 1. The van der Waals surface area contributed by atoms with Crippen molar-refractivity contribution in [3.05, 3.63) is 12.2 Å². The standard InChI is InChI=1S/C9H16O4/c1-8(9(10)11)4-3-5-13-7-6-12-2/h1,3-7H2,2H3,(H,10,11). The average Bonchev–Trinajstić information content (AvgIpc) is 2.10. The van der Waals surface area contributed by atoms with Gasteiger partial charge in [0.05, 0.1) is 13.2 Å². The maximum atomic E-state index is 10.3. The van der Waals surface area contributed by atoms with E-state index in [-0.39, 0.29) is 5.57 Å². The summed E-state index contributed by atoms with van der Waals surface area (Å²) < 4.78 is 9.92. The first-order valence-electron chi connectivity index (χ1n) is 4.16. The molecule has 0 amide bonds. The summed E-state index contributed by atoms with van der Waals surface area (Å²) >= 11 is 0. The van der Waals surface area contributed by atoms with Gasteiger partial charge in [-0.15, -0.1) is 0 Å². The summed E-state index contributed by atoms with van der Waals surface area (Å²) in [5.74, 6) is -0.933. The van der Waals surface area contributed by atoms with Crippen LogP contribution in [-0.2, 0) is 14.3 Å². The summed E-state index contributed by atoms with van der Waals surface area (Å²) in [6.07, 6.45) is 1.16. The van der Waals surface area contributed by atoms with Crippen LogP contribution in [0.2, 0.25) is 0 Å². The van der Waals surface area contributed by atoms with E-state index >= 15 is 0 Å². The monoisotopic (exact) mass is 188 g/mol. The van der Waals surface area contributed by atoms with Crippen LogP contribution in [0.15, 0.2) is 12.2 Å². The molecule has 4 nitrogen and oxygen atoms in total. The Kier molecular flexibility index (Phi) is 7.24. The molecule has 76 valence electrons. The molecular weight excluding hydrogens is 172 g/mol. The van der Waals surface area contributed by atoms with Gasteiger partial charge in [0.1, 0.15) is 0 Å². The van der Waals surface area contributed by atoms with Gasteiger partial charge in [-0.3, -0.25) is 0 Å². The second kappa shape index (κ2) is 7.76. The SMILES string of the molecule is C=C(CCCOCCOC)C(=O)O. The smallest absolute Gasteiger partial charge is 0.330 e. The molecule has 0 aromatic rings. The van der Waals surface area contributed by atoms with Crippen LogP contribution in [-0.4, -0.2) is 38.0 Å². The van der Waals surface area contributed by atoms with Crippen LogP contribution in [0.5, 0.6) is 0 Å². The molecule has 1 N–H and O–H groups in total. The summed E-state index contributed by atoms with van der Waals surface area (Å²) in [5.41, 5.74) is 0.232. The quantitative estimate of drug-likeness (QED) is 0.457. The van der Waals surface area contributed by atoms with Gasteiger partial charge in [0.2, 0.25) is 0 Å². The van der Waals surface area contributed by atoms with Gasteiger partial charge in [0.15, 0.2) is 0 Å². The highest BCUT2D eigenvalue weighted by Gasteiger charge is 2.02. The Morgan fingerprint density at radius 2 is 2.08 bits per heavy atom. The predicted octanol–water partition coefficient (Wildman–Crippen LogP) is 1.07. The van der Waals surface area contributed by atoms with Crippen molar-refractivity contribution >= 4 is 5.97 Å². The molecule has 0 aliphatic heterocycles. The second-order valence-electron chi connectivity index (χ2n) is 2.62. The Hall–Kier alpha value is -0.870. The molecule has 0 bridgehead atoms. The number of carbonyl (C=O) groups is 1. The van der Waals surface area contributed by atoms with Crippen LogP contribution in [0.1, 0.15) is 12.8 Å². The average molecular weight is 188 g/mol. The molecule has 0 aliphatic rings. The third-order valence-electron chi connectivity index (χ3n) is 1.50. The van der Waals surface area contributed by atoms with Crippen molar-refractivity contribution in [2.75, 3.05) is 26.9 Å². The number of aliphatic carboxylic acids is 1. The molecule has 0 aliphatic carbocycles. The zero-order chi connectivity index (χ0) is 10.1. The summed E-state index contributed by atoms with van der Waals surface area (Å²) in [5, 5.41) is 8.46. The summed E-state index contributed by atoms with van der Waals surface area (Å²) in [6, 6.07) is 0. The topological polar surface area (TPSA) is 55.8 Å². The van der Waals surface area contributed by atoms with Crippen molar-refractivity contribution < 1.29 is 19.4 Å². The Morgan fingerprint density at radius 3 is 2.62 bits per heavy atom. The van der Waals surface area contributed by atoms with Gasteiger partial charge < -0.3 is 14.6 Å². The number of ether oxygens (including phenoxy) is 2. The number of hydrogen-bond donors (Lipinski definition) is 1. The zero-order valence-electron chi connectivity index (χ0n) is 7.91. The molecule has 0 unspecified atom stereocenters. The van der Waals surface area contributed by atoms with Gasteiger partial charge in [-0.25, -0.2) is 4.79 Å². The number of rotatable bonds is 8. The highest BCUT2D eigenvalue weighted by atomic mass is 16.5. The molecule has 0 aromatic heterocycles. The lowest BCUT2D eigenvalue weighted by atomic mass is 10.2. The number of methoxy groups -OCH3 is 1. The van der Waals surface area contributed by atoms with Crippen molar-refractivity contribution in [2.24, 2.45) is 0 Å². The fourth-order valence-corrected chi connectivity index (χ4v) is 0.739. The minimum Gasteiger partial charge on any atom is -0.478 e. The third-order valence-corrected chi connectivity index (χ3v) is 1.50. The van der Waals surface area contributed by atoms with E-state index in [4.69, 9.17) is 14.6 Å². The minimum absolute atomic E-state index is 0.232. The molecule has 0 heterocycles. The maximum Gasteiger partial charge on any atom is 0.330 e. The molecule has 0 rings (SSSR count). The normalized spacial score (nSPS) is 9.92. The lowest BCUT2D eigenvalue weighted by Gasteiger charge is -2.02. The van der Waals surface area contributed by atoms with Crippen LogP contribution >= 0.6 is 0 Å². The molecule has 4 heteroatoms. The molecule has 0 aromatic carbocycles. The van der Waals surface area contributed by atoms with E-state index in [0.717, 1.165) is 0 Å². The van der Waals surface area contributed by atoms with Gasteiger partial charge in [-0.1, -0.05) is 6.58 Å². The summed E-state index contributed by atoms with van der Waals surface area (Å²) in [7, 11) is 1.61. The predicted molar refractivity (Wildman–Crippen MR) is 48.7 cm³/mol. The molecule has 0 saturated heterocycles. The van der Waals surface area contributed by atoms with Crippen LogP contribution in [0.25, 0.3) is 0 Å².